The molecule has 1 aliphatic heterocycles. The number of benzene rings is 1. The van der Waals surface area contributed by atoms with Crippen molar-refractivity contribution in [3.05, 3.63) is 28.3 Å². The first kappa shape index (κ1) is 15.6. The van der Waals surface area contributed by atoms with Crippen LogP contribution in [0, 0.1) is 16.0 Å². The second-order valence-electron chi connectivity index (χ2n) is 4.78. The van der Waals surface area contributed by atoms with Crippen molar-refractivity contribution in [3.63, 3.8) is 0 Å². The summed E-state index contributed by atoms with van der Waals surface area (Å²) < 4.78 is 26.3. The van der Waals surface area contributed by atoms with E-state index in [1.807, 2.05) is 0 Å². The number of hydrogen-bond donors (Lipinski definition) is 3. The molecular weight excluding hydrogens is 300 g/mol. The van der Waals surface area contributed by atoms with Gasteiger partial charge < -0.3 is 10.5 Å². The van der Waals surface area contributed by atoms with Gasteiger partial charge in [0.1, 0.15) is 0 Å². The number of nitro benzene ring substituents is 1. The zero-order chi connectivity index (χ0) is 15.6. The third-order valence-corrected chi connectivity index (χ3v) is 5.34. The van der Waals surface area contributed by atoms with E-state index in [2.05, 4.69) is 5.43 Å². The van der Waals surface area contributed by atoms with Crippen LogP contribution in [-0.4, -0.2) is 42.4 Å². The lowest BCUT2D eigenvalue weighted by Gasteiger charge is -2.16. The number of hydrogen-bond acceptors (Lipinski definition) is 7. The van der Waals surface area contributed by atoms with Crippen LogP contribution in [-0.2, 0) is 10.0 Å². The first-order chi connectivity index (χ1) is 9.90. The van der Waals surface area contributed by atoms with Gasteiger partial charge in [0.25, 0.3) is 5.69 Å². The predicted molar refractivity (Wildman–Crippen MR) is 74.9 cm³/mol. The van der Waals surface area contributed by atoms with Gasteiger partial charge in [-0.3, -0.25) is 16.0 Å². The second-order valence-corrected chi connectivity index (χ2v) is 6.69. The van der Waals surface area contributed by atoms with Crippen molar-refractivity contribution < 1.29 is 18.4 Å². The number of rotatable bonds is 5. The van der Waals surface area contributed by atoms with Gasteiger partial charge in [-0.05, 0) is 24.5 Å². The lowest BCUT2D eigenvalue weighted by molar-refractivity contribution is -0.387. The lowest BCUT2D eigenvalue weighted by atomic mass is 10.1. The summed E-state index contributed by atoms with van der Waals surface area (Å²) in [5, 5.41) is 20.1. The molecule has 0 aliphatic carbocycles. The third kappa shape index (κ3) is 2.97. The van der Waals surface area contributed by atoms with Gasteiger partial charge in [-0.25, -0.2) is 8.42 Å². The molecule has 4 N–H and O–H groups in total. The predicted octanol–water partition coefficient (Wildman–Crippen LogP) is -0.117. The van der Waals surface area contributed by atoms with E-state index in [0.717, 1.165) is 16.4 Å². The Bertz CT molecular complexity index is 648. The Kier molecular flexibility index (Phi) is 4.42. The minimum Gasteiger partial charge on any atom is -0.396 e. The van der Waals surface area contributed by atoms with E-state index in [1.54, 1.807) is 0 Å². The van der Waals surface area contributed by atoms with Crippen molar-refractivity contribution in [2.45, 2.75) is 11.3 Å². The molecule has 116 valence electrons. The molecule has 1 unspecified atom stereocenters. The molecule has 0 bridgehead atoms. The summed E-state index contributed by atoms with van der Waals surface area (Å²) in [6.45, 7) is 0.264. The van der Waals surface area contributed by atoms with Crippen molar-refractivity contribution in [2.75, 3.05) is 25.1 Å². The Balaban J connectivity index is 2.46. The molecule has 1 heterocycles. The molecule has 0 spiro atoms. The van der Waals surface area contributed by atoms with Gasteiger partial charge >= 0.3 is 0 Å². The summed E-state index contributed by atoms with van der Waals surface area (Å²) in [7, 11) is -4.00. The highest BCUT2D eigenvalue weighted by Crippen LogP contribution is 2.31. The van der Waals surface area contributed by atoms with Crippen molar-refractivity contribution in [3.8, 4) is 0 Å². The number of anilines is 1. The molecule has 1 aromatic rings. The third-order valence-electron chi connectivity index (χ3n) is 3.45. The number of hydrazine groups is 1. The topological polar surface area (TPSA) is 139 Å². The largest absolute Gasteiger partial charge is 0.396 e. The van der Waals surface area contributed by atoms with Gasteiger partial charge in [-0.2, -0.15) is 4.31 Å². The Morgan fingerprint density at radius 1 is 1.52 bits per heavy atom. The smallest absolute Gasteiger partial charge is 0.289 e. The first-order valence-electron chi connectivity index (χ1n) is 6.26. The van der Waals surface area contributed by atoms with Crippen LogP contribution < -0.4 is 11.3 Å². The van der Waals surface area contributed by atoms with Crippen LogP contribution in [0.25, 0.3) is 0 Å². The van der Waals surface area contributed by atoms with Gasteiger partial charge in [0.2, 0.25) is 10.0 Å². The molecule has 2 rings (SSSR count). The average molecular weight is 316 g/mol. The molecule has 1 aromatic carbocycles. The number of nitro groups is 1. The molecule has 1 saturated heterocycles. The van der Waals surface area contributed by atoms with Gasteiger partial charge in [0.05, 0.1) is 10.6 Å². The fourth-order valence-electron chi connectivity index (χ4n) is 2.26. The molecule has 0 saturated carbocycles. The Labute approximate surface area is 121 Å². The highest BCUT2D eigenvalue weighted by Gasteiger charge is 2.36. The Morgan fingerprint density at radius 2 is 2.24 bits per heavy atom. The zero-order valence-corrected chi connectivity index (χ0v) is 11.9. The van der Waals surface area contributed by atoms with Crippen LogP contribution in [0.3, 0.4) is 0 Å². The van der Waals surface area contributed by atoms with Crippen LogP contribution in [0.15, 0.2) is 23.1 Å². The minimum atomic E-state index is -4.00. The highest BCUT2D eigenvalue weighted by atomic mass is 32.2. The Hall–Kier alpha value is -1.75. The number of nitrogen functional groups attached to an aromatic ring is 1. The van der Waals surface area contributed by atoms with E-state index >= 15 is 0 Å². The van der Waals surface area contributed by atoms with Crippen LogP contribution in [0.4, 0.5) is 11.4 Å². The minimum absolute atomic E-state index is 0.113. The summed E-state index contributed by atoms with van der Waals surface area (Å²) in [6.07, 6.45) is 0.526. The fraction of sp³-hybridized carbons (Fsp3) is 0.455. The molecule has 21 heavy (non-hydrogen) atoms. The molecule has 0 aromatic heterocycles. The van der Waals surface area contributed by atoms with Crippen LogP contribution in [0.5, 0.6) is 0 Å². The zero-order valence-electron chi connectivity index (χ0n) is 11.1. The number of aliphatic hydroxyl groups excluding tert-OH is 1. The van der Waals surface area contributed by atoms with Crippen molar-refractivity contribution in [1.82, 2.24) is 4.31 Å². The first-order valence-corrected chi connectivity index (χ1v) is 7.70. The molecule has 10 heteroatoms. The molecule has 0 amide bonds. The monoisotopic (exact) mass is 316 g/mol. The van der Waals surface area contributed by atoms with Gasteiger partial charge in [-0.15, -0.1) is 0 Å². The summed E-state index contributed by atoms with van der Waals surface area (Å²) in [6, 6.07) is 3.57. The van der Waals surface area contributed by atoms with E-state index in [0.29, 0.717) is 6.42 Å². The number of aliphatic hydroxyl groups is 1. The maximum Gasteiger partial charge on any atom is 0.289 e. The molecule has 1 fully saturated rings. The van der Waals surface area contributed by atoms with Gasteiger partial charge in [-0.1, -0.05) is 0 Å². The van der Waals surface area contributed by atoms with E-state index < -0.39 is 25.5 Å². The van der Waals surface area contributed by atoms with Crippen molar-refractivity contribution in [1.29, 1.82) is 0 Å². The normalized spacial score (nSPS) is 19.6. The van der Waals surface area contributed by atoms with Crippen LogP contribution in [0.2, 0.25) is 0 Å². The van der Waals surface area contributed by atoms with Crippen molar-refractivity contribution >= 4 is 21.4 Å². The molecule has 1 atom stereocenters. The standard InChI is InChI=1S/C11H16N4O5S/c12-13-9-1-2-10(15(17)18)11(5-9)21(19,20)14-4-3-8(6-14)7-16/h1-2,5,8,13,16H,3-4,6-7,12H2. The highest BCUT2D eigenvalue weighted by molar-refractivity contribution is 7.89. The summed E-state index contributed by atoms with van der Waals surface area (Å²) in [5.74, 6) is 5.08. The average Bonchev–Trinajstić information content (AvgIpc) is 2.96. The SMILES string of the molecule is NNc1ccc([N+](=O)[O-])c(S(=O)(=O)N2CCC(CO)C2)c1. The maximum atomic E-state index is 12.6. The fourth-order valence-corrected chi connectivity index (χ4v) is 3.98. The summed E-state index contributed by atoms with van der Waals surface area (Å²) >= 11 is 0. The Morgan fingerprint density at radius 3 is 2.76 bits per heavy atom. The molecule has 1 aliphatic rings. The summed E-state index contributed by atoms with van der Waals surface area (Å²) in [4.78, 5) is 9.89. The second kappa shape index (κ2) is 5.93. The van der Waals surface area contributed by atoms with Crippen LogP contribution >= 0.6 is 0 Å². The number of sulfonamides is 1. The quantitative estimate of drug-likeness (QED) is 0.391. The van der Waals surface area contributed by atoms with E-state index in [9.17, 15) is 18.5 Å². The van der Waals surface area contributed by atoms with Crippen LogP contribution in [0.1, 0.15) is 6.42 Å². The van der Waals surface area contributed by atoms with Gasteiger partial charge in [0.15, 0.2) is 4.90 Å². The summed E-state index contributed by atoms with van der Waals surface area (Å²) in [5.41, 5.74) is 2.03. The van der Waals surface area contributed by atoms with Gasteiger partial charge in [0, 0.05) is 25.8 Å². The molecule has 9 nitrogen and oxygen atoms in total. The number of nitrogens with zero attached hydrogens (tertiary/aromatic N) is 2. The number of nitrogens with one attached hydrogen (secondary N) is 1. The molecular formula is C11H16N4O5S. The van der Waals surface area contributed by atoms with E-state index in [4.69, 9.17) is 10.9 Å². The van der Waals surface area contributed by atoms with Crippen molar-refractivity contribution in [2.24, 2.45) is 11.8 Å². The number of nitrogens with two attached hydrogens (primary N) is 1. The maximum absolute atomic E-state index is 12.6. The molecule has 0 radical (unpaired) electrons. The van der Waals surface area contributed by atoms with E-state index in [-0.39, 0.29) is 31.3 Å². The lowest BCUT2D eigenvalue weighted by Crippen LogP contribution is -2.30. The van der Waals surface area contributed by atoms with E-state index in [1.165, 1.54) is 6.07 Å².